The van der Waals surface area contributed by atoms with E-state index in [2.05, 4.69) is 0 Å². The number of oxazole rings is 1. The number of ether oxygens (including phenoxy) is 2. The normalized spacial score (nSPS) is 15.0. The molecule has 1 aromatic heterocycles. The number of hydrogen-bond donors (Lipinski definition) is 4. The summed E-state index contributed by atoms with van der Waals surface area (Å²) in [7, 11) is -18.9. The molecule has 4 rings (SSSR count). The molecule has 0 amide bonds. The second kappa shape index (κ2) is 13.1. The molecule has 0 radical (unpaired) electrons. The fourth-order valence-corrected chi connectivity index (χ4v) is 6.67. The fourth-order valence-electron chi connectivity index (χ4n) is 4.43. The van der Waals surface area contributed by atoms with E-state index in [0.29, 0.717) is 11.6 Å². The highest BCUT2D eigenvalue weighted by Gasteiger charge is 2.35. The molecule has 3 aromatic rings. The van der Waals surface area contributed by atoms with Gasteiger partial charge in [0.2, 0.25) is 11.5 Å². The van der Waals surface area contributed by atoms with Crippen LogP contribution in [0.5, 0.6) is 11.5 Å². The average molecular weight is 726 g/mol. The van der Waals surface area contributed by atoms with Gasteiger partial charge in [-0.3, -0.25) is 23.0 Å². The van der Waals surface area contributed by atoms with Crippen LogP contribution in [0.2, 0.25) is 0 Å². The van der Waals surface area contributed by atoms with E-state index in [9.17, 15) is 47.6 Å². The number of hydrogen-bond acceptors (Lipinski definition) is 13. The Bertz CT molecular complexity index is 2190. The number of fused-ring (bicyclic) bond motifs is 2. The summed E-state index contributed by atoms with van der Waals surface area (Å²) in [5, 5.41) is 0. The molecule has 250 valence electrons. The van der Waals surface area contributed by atoms with Crippen molar-refractivity contribution in [2.45, 2.75) is 29.2 Å². The van der Waals surface area contributed by atoms with Crippen LogP contribution in [-0.2, 0) is 51.8 Å². The number of carbonyl (C=O) groups excluding carboxylic acids is 1. The highest BCUT2D eigenvalue weighted by Crippen LogP contribution is 2.45. The van der Waals surface area contributed by atoms with Crippen molar-refractivity contribution in [2.75, 3.05) is 23.0 Å². The van der Waals surface area contributed by atoms with Gasteiger partial charge in [-0.1, -0.05) is 0 Å². The summed E-state index contributed by atoms with van der Waals surface area (Å²) in [6.45, 7) is -0.107. The first-order valence-corrected chi connectivity index (χ1v) is 18.8. The van der Waals surface area contributed by atoms with Gasteiger partial charge >= 0.3 is 5.89 Å². The molecule has 22 heteroatoms. The van der Waals surface area contributed by atoms with Gasteiger partial charge in [-0.2, -0.15) is 38.2 Å². The number of carbonyl (C=O) groups is 1. The molecule has 2 heterocycles. The van der Waals surface area contributed by atoms with Crippen LogP contribution in [-0.4, -0.2) is 76.4 Å². The first-order valence-electron chi connectivity index (χ1n) is 12.7. The smallest absolute Gasteiger partial charge is 0.374 e. The Labute approximate surface area is 262 Å². The number of allylic oxidation sites excluding steroid dienone is 2. The van der Waals surface area contributed by atoms with E-state index in [1.54, 1.807) is 0 Å². The summed E-state index contributed by atoms with van der Waals surface area (Å²) in [4.78, 5) is 9.99. The summed E-state index contributed by atoms with van der Waals surface area (Å²) in [5.41, 5.74) is 0.364. The van der Waals surface area contributed by atoms with E-state index >= 15 is 0 Å². The zero-order valence-electron chi connectivity index (χ0n) is 23.2. The maximum absolute atomic E-state index is 12.1. The Kier molecular flexibility index (Phi) is 9.94. The number of benzene rings is 2. The van der Waals surface area contributed by atoms with E-state index in [0.717, 1.165) is 11.0 Å². The number of aryl methyl sites for hydroxylation is 1. The van der Waals surface area contributed by atoms with Crippen molar-refractivity contribution in [1.29, 1.82) is 0 Å². The zero-order valence-corrected chi connectivity index (χ0v) is 26.4. The first-order chi connectivity index (χ1) is 21.3. The summed E-state index contributed by atoms with van der Waals surface area (Å²) in [5.74, 6) is -1.85. The molecule has 0 saturated heterocycles. The molecule has 0 atom stereocenters. The molecule has 0 fully saturated rings. The van der Waals surface area contributed by atoms with E-state index in [1.165, 1.54) is 41.0 Å². The molecule has 1 aliphatic heterocycles. The lowest BCUT2D eigenvalue weighted by Gasteiger charge is -2.18. The van der Waals surface area contributed by atoms with Gasteiger partial charge in [-0.05, 0) is 42.8 Å². The molecule has 0 bridgehead atoms. The van der Waals surface area contributed by atoms with Gasteiger partial charge in [-0.15, -0.1) is 0 Å². The maximum atomic E-state index is 12.1. The second-order valence-corrected chi connectivity index (χ2v) is 15.5. The van der Waals surface area contributed by atoms with Crippen molar-refractivity contribution in [1.82, 2.24) is 0 Å². The largest absolute Gasteiger partial charge is 0.437 e. The fraction of sp³-hybridized carbons (Fsp3) is 0.250. The van der Waals surface area contributed by atoms with Crippen molar-refractivity contribution in [3.63, 3.8) is 0 Å². The zero-order chi connectivity index (χ0) is 34.1. The molecular formula is C24H25N2O16S4+. The van der Waals surface area contributed by atoms with Crippen LogP contribution in [0.3, 0.4) is 0 Å². The lowest BCUT2D eigenvalue weighted by molar-refractivity contribution is -0.677. The van der Waals surface area contributed by atoms with Crippen molar-refractivity contribution in [3.05, 3.63) is 54.3 Å². The van der Waals surface area contributed by atoms with Crippen molar-refractivity contribution in [2.24, 2.45) is 0 Å². The molecule has 1 aliphatic rings. The summed E-state index contributed by atoms with van der Waals surface area (Å²) in [6, 6.07) is 5.64. The summed E-state index contributed by atoms with van der Waals surface area (Å²) >= 11 is 0. The Balaban J connectivity index is 1.79. The minimum atomic E-state index is -5.13. The molecule has 0 unspecified atom stereocenters. The number of aromatic nitrogens is 1. The van der Waals surface area contributed by atoms with Gasteiger partial charge in [0.05, 0.1) is 34.2 Å². The minimum Gasteiger partial charge on any atom is -0.437 e. The van der Waals surface area contributed by atoms with Crippen LogP contribution in [0.25, 0.3) is 17.2 Å². The maximum Gasteiger partial charge on any atom is 0.374 e. The number of nitrogens with zero attached hydrogens (tertiary/aromatic N) is 2. The molecule has 0 saturated carbocycles. The SMILES string of the molecule is O=COc1ccc2oc(/C=C/C=C3\Oc4c(cc(S(=O)(=O)O)cc4S(=O)(=O)O)N3CCCS(=O)(=O)O)[n+](CCCS(=O)(=O)O)c2c1. The average Bonchev–Trinajstić information content (AvgIpc) is 3.43. The molecule has 0 spiro atoms. The van der Waals surface area contributed by atoms with Gasteiger partial charge in [0.25, 0.3) is 52.5 Å². The molecular weight excluding hydrogens is 701 g/mol. The number of anilines is 1. The Morgan fingerprint density at radius 2 is 1.54 bits per heavy atom. The lowest BCUT2D eigenvalue weighted by Crippen LogP contribution is -2.36. The predicted octanol–water partition coefficient (Wildman–Crippen LogP) is 1.06. The van der Waals surface area contributed by atoms with E-state index < -0.39 is 67.5 Å². The highest BCUT2D eigenvalue weighted by molar-refractivity contribution is 7.87. The molecule has 0 aliphatic carbocycles. The van der Waals surface area contributed by atoms with Gasteiger partial charge in [0.15, 0.2) is 12.3 Å². The van der Waals surface area contributed by atoms with Crippen LogP contribution >= 0.6 is 0 Å². The molecule has 18 nitrogen and oxygen atoms in total. The third-order valence-electron chi connectivity index (χ3n) is 6.28. The van der Waals surface area contributed by atoms with Crippen LogP contribution in [0.15, 0.2) is 62.6 Å². The minimum absolute atomic E-state index is 0.00654. The quantitative estimate of drug-likeness (QED) is 0.103. The van der Waals surface area contributed by atoms with Crippen molar-refractivity contribution >= 4 is 69.8 Å². The van der Waals surface area contributed by atoms with Crippen molar-refractivity contribution < 1.29 is 75.1 Å². The van der Waals surface area contributed by atoms with Crippen LogP contribution in [0, 0.1) is 0 Å². The van der Waals surface area contributed by atoms with E-state index in [4.69, 9.17) is 23.0 Å². The second-order valence-electron chi connectivity index (χ2n) is 9.55. The molecule has 46 heavy (non-hydrogen) atoms. The molecule has 4 N–H and O–H groups in total. The third kappa shape index (κ3) is 8.67. The monoisotopic (exact) mass is 725 g/mol. The predicted molar refractivity (Wildman–Crippen MR) is 156 cm³/mol. The Morgan fingerprint density at radius 3 is 2.15 bits per heavy atom. The van der Waals surface area contributed by atoms with Crippen molar-refractivity contribution in [3.8, 4) is 11.5 Å². The van der Waals surface area contributed by atoms with Crippen LogP contribution < -0.4 is 18.9 Å². The van der Waals surface area contributed by atoms with Gasteiger partial charge in [0, 0.05) is 13.0 Å². The van der Waals surface area contributed by atoms with Crippen LogP contribution in [0.4, 0.5) is 5.69 Å². The highest BCUT2D eigenvalue weighted by atomic mass is 32.2. The van der Waals surface area contributed by atoms with Gasteiger partial charge < -0.3 is 18.8 Å². The molecule has 2 aromatic carbocycles. The third-order valence-corrected chi connectivity index (χ3v) is 9.58. The van der Waals surface area contributed by atoms with Crippen LogP contribution in [0.1, 0.15) is 18.7 Å². The van der Waals surface area contributed by atoms with E-state index in [1.807, 2.05) is 0 Å². The lowest BCUT2D eigenvalue weighted by atomic mass is 10.2. The van der Waals surface area contributed by atoms with Gasteiger partial charge in [0.1, 0.15) is 10.6 Å². The summed E-state index contributed by atoms with van der Waals surface area (Å²) in [6.07, 6.45) is 3.56. The topological polar surface area (TPSA) is 273 Å². The standard InChI is InChI=1S/C24H24N2O16S4/c27-15-40-16-6-7-20-18(12-16)25(8-2-10-43(28,29)30)22(41-20)4-1-5-23-26(9-3-11-44(31,32)33)19-13-17(45(34,35)36)14-21(24(19)42-23)46(37,38)39/h1,4-7,12-15H,2-3,8-11H2,(H3-,28,29,30,31,32,33,34,35,36,37,38,39)/p+1. The van der Waals surface area contributed by atoms with Gasteiger partial charge in [-0.25, -0.2) is 0 Å². The Hall–Kier alpha value is -3.90. The first kappa shape index (κ1) is 35.0. The Morgan fingerprint density at radius 1 is 0.870 bits per heavy atom. The number of rotatable bonds is 14. The van der Waals surface area contributed by atoms with E-state index in [-0.39, 0.29) is 61.2 Å². The summed E-state index contributed by atoms with van der Waals surface area (Å²) < 4.78 is 148.